The highest BCUT2D eigenvalue weighted by molar-refractivity contribution is 7.89. The number of sulfonamides is 1. The third-order valence-corrected chi connectivity index (χ3v) is 7.19. The van der Waals surface area contributed by atoms with Crippen LogP contribution in [0.1, 0.15) is 28.3 Å². The summed E-state index contributed by atoms with van der Waals surface area (Å²) >= 11 is 0. The van der Waals surface area contributed by atoms with E-state index in [1.54, 1.807) is 16.4 Å². The molecule has 0 aromatic heterocycles. The second kappa shape index (κ2) is 7.29. The molecule has 1 unspecified atom stereocenters. The van der Waals surface area contributed by atoms with Crippen molar-refractivity contribution in [2.45, 2.75) is 30.7 Å². The molecule has 0 radical (unpaired) electrons. The Kier molecular flexibility index (Phi) is 4.85. The monoisotopic (exact) mass is 377 g/mol. The topological polar surface area (TPSA) is 37.4 Å². The molecule has 1 heterocycles. The molecule has 1 aliphatic heterocycles. The van der Waals surface area contributed by atoms with Crippen molar-refractivity contribution in [1.29, 1.82) is 0 Å². The third-order valence-electron chi connectivity index (χ3n) is 5.26. The smallest absolute Gasteiger partial charge is 0.207 e. The fourth-order valence-corrected chi connectivity index (χ4v) is 5.42. The zero-order chi connectivity index (χ0) is 18.9. The number of rotatable bonds is 4. The minimum Gasteiger partial charge on any atom is -0.207 e. The van der Waals surface area contributed by atoms with Crippen LogP contribution >= 0.6 is 0 Å². The minimum absolute atomic E-state index is 0.191. The molecule has 4 heteroatoms. The second-order valence-corrected chi connectivity index (χ2v) is 8.97. The Labute approximate surface area is 161 Å². The number of fused-ring (bicyclic) bond motifs is 1. The lowest BCUT2D eigenvalue weighted by Gasteiger charge is -2.36. The summed E-state index contributed by atoms with van der Waals surface area (Å²) in [5, 5.41) is 0. The van der Waals surface area contributed by atoms with E-state index >= 15 is 0 Å². The highest BCUT2D eigenvalue weighted by atomic mass is 32.2. The number of hydrogen-bond acceptors (Lipinski definition) is 2. The largest absolute Gasteiger partial charge is 0.243 e. The first-order valence-electron chi connectivity index (χ1n) is 9.26. The molecule has 0 saturated carbocycles. The highest BCUT2D eigenvalue weighted by Gasteiger charge is 2.36. The maximum absolute atomic E-state index is 13.4. The van der Waals surface area contributed by atoms with Gasteiger partial charge in [0.25, 0.3) is 0 Å². The third kappa shape index (κ3) is 3.55. The molecule has 3 aromatic rings. The molecule has 0 N–H and O–H groups in total. The summed E-state index contributed by atoms with van der Waals surface area (Å²) in [6, 6.07) is 25.3. The Balaban J connectivity index is 1.77. The number of aryl methyl sites for hydroxylation is 1. The molecule has 4 rings (SSSR count). The molecular weight excluding hydrogens is 354 g/mol. The van der Waals surface area contributed by atoms with Crippen LogP contribution in [-0.2, 0) is 22.9 Å². The van der Waals surface area contributed by atoms with Gasteiger partial charge in [-0.15, -0.1) is 0 Å². The normalized spacial score (nSPS) is 17.4. The number of benzene rings is 3. The van der Waals surface area contributed by atoms with Gasteiger partial charge in [0.05, 0.1) is 10.9 Å². The van der Waals surface area contributed by atoms with Crippen molar-refractivity contribution < 1.29 is 8.42 Å². The molecular formula is C23H23NO2S. The Morgan fingerprint density at radius 1 is 0.889 bits per heavy atom. The fourth-order valence-electron chi connectivity index (χ4n) is 3.81. The zero-order valence-corrected chi connectivity index (χ0v) is 16.2. The Morgan fingerprint density at radius 3 is 2.30 bits per heavy atom. The van der Waals surface area contributed by atoms with E-state index in [1.807, 2.05) is 49.4 Å². The first-order valence-corrected chi connectivity index (χ1v) is 10.7. The summed E-state index contributed by atoms with van der Waals surface area (Å²) in [6.07, 6.45) is 1.41. The fraction of sp³-hybridized carbons (Fsp3) is 0.217. The Hall–Kier alpha value is -2.43. The zero-order valence-electron chi connectivity index (χ0n) is 15.4. The molecule has 1 atom stereocenters. The molecule has 0 spiro atoms. The van der Waals surface area contributed by atoms with Crippen LogP contribution in [0.15, 0.2) is 83.8 Å². The van der Waals surface area contributed by atoms with Gasteiger partial charge in [-0.1, -0.05) is 72.3 Å². The molecule has 1 aliphatic rings. The van der Waals surface area contributed by atoms with Crippen molar-refractivity contribution in [2.24, 2.45) is 0 Å². The van der Waals surface area contributed by atoms with Crippen LogP contribution in [0.2, 0.25) is 0 Å². The van der Waals surface area contributed by atoms with Crippen LogP contribution in [0.4, 0.5) is 0 Å². The van der Waals surface area contributed by atoms with Crippen LogP contribution in [0.25, 0.3) is 0 Å². The van der Waals surface area contributed by atoms with Crippen LogP contribution in [-0.4, -0.2) is 19.3 Å². The average Bonchev–Trinajstić information content (AvgIpc) is 2.69. The molecule has 27 heavy (non-hydrogen) atoms. The van der Waals surface area contributed by atoms with Crippen molar-refractivity contribution in [2.75, 3.05) is 6.54 Å². The van der Waals surface area contributed by atoms with E-state index < -0.39 is 10.0 Å². The summed E-state index contributed by atoms with van der Waals surface area (Å²) in [6.45, 7) is 2.47. The quantitative estimate of drug-likeness (QED) is 0.670. The van der Waals surface area contributed by atoms with Crippen LogP contribution < -0.4 is 0 Å². The lowest BCUT2D eigenvalue weighted by molar-refractivity contribution is 0.306. The van der Waals surface area contributed by atoms with E-state index in [0.717, 1.165) is 23.1 Å². The lowest BCUT2D eigenvalue weighted by atomic mass is 9.90. The van der Waals surface area contributed by atoms with Crippen LogP contribution in [0.3, 0.4) is 0 Å². The number of nitrogens with zero attached hydrogens (tertiary/aromatic N) is 1. The van der Waals surface area contributed by atoms with Gasteiger partial charge in [0, 0.05) is 6.54 Å². The van der Waals surface area contributed by atoms with Gasteiger partial charge in [-0.3, -0.25) is 0 Å². The summed E-state index contributed by atoms with van der Waals surface area (Å²) in [5.41, 5.74) is 4.55. The summed E-state index contributed by atoms with van der Waals surface area (Å²) in [4.78, 5) is 0.366. The summed E-state index contributed by atoms with van der Waals surface area (Å²) in [5.74, 6) is 0. The van der Waals surface area contributed by atoms with Gasteiger partial charge < -0.3 is 0 Å². The molecule has 0 aliphatic carbocycles. The van der Waals surface area contributed by atoms with Gasteiger partial charge in [0.1, 0.15) is 0 Å². The van der Waals surface area contributed by atoms with Crippen molar-refractivity contribution in [3.8, 4) is 0 Å². The van der Waals surface area contributed by atoms with E-state index in [2.05, 4.69) is 24.3 Å². The molecule has 0 bridgehead atoms. The summed E-state index contributed by atoms with van der Waals surface area (Å²) in [7, 11) is -3.56. The maximum Gasteiger partial charge on any atom is 0.243 e. The van der Waals surface area contributed by atoms with E-state index in [4.69, 9.17) is 0 Å². The Bertz CT molecular complexity index is 1030. The first-order chi connectivity index (χ1) is 13.1. The Morgan fingerprint density at radius 2 is 1.56 bits per heavy atom. The maximum atomic E-state index is 13.4. The van der Waals surface area contributed by atoms with E-state index in [1.165, 1.54) is 5.56 Å². The van der Waals surface area contributed by atoms with E-state index in [9.17, 15) is 8.42 Å². The van der Waals surface area contributed by atoms with Crippen molar-refractivity contribution in [3.63, 3.8) is 0 Å². The van der Waals surface area contributed by atoms with Crippen molar-refractivity contribution >= 4 is 10.0 Å². The standard InChI is InChI=1S/C23H23NO2S/c1-18-11-13-21(14-12-18)27(25,26)24-16-15-20-9-5-6-10-22(20)23(24)17-19-7-3-2-4-8-19/h2-14,23H,15-17H2,1H3. The SMILES string of the molecule is Cc1ccc(S(=O)(=O)N2CCc3ccccc3C2Cc2ccccc2)cc1. The highest BCUT2D eigenvalue weighted by Crippen LogP contribution is 2.36. The molecule has 0 fully saturated rings. The van der Waals surface area contributed by atoms with Gasteiger partial charge in [-0.2, -0.15) is 4.31 Å². The first kappa shape index (κ1) is 18.0. The molecule has 0 amide bonds. The predicted octanol–water partition coefficient (Wildman–Crippen LogP) is 4.53. The second-order valence-electron chi connectivity index (χ2n) is 7.08. The van der Waals surface area contributed by atoms with Gasteiger partial charge in [-0.25, -0.2) is 8.42 Å². The van der Waals surface area contributed by atoms with E-state index in [-0.39, 0.29) is 6.04 Å². The average molecular weight is 378 g/mol. The van der Waals surface area contributed by atoms with Crippen LogP contribution in [0, 0.1) is 6.92 Å². The van der Waals surface area contributed by atoms with Crippen molar-refractivity contribution in [1.82, 2.24) is 4.31 Å². The van der Waals surface area contributed by atoms with E-state index in [0.29, 0.717) is 17.9 Å². The minimum atomic E-state index is -3.56. The molecule has 3 nitrogen and oxygen atoms in total. The molecule has 0 saturated heterocycles. The van der Waals surface area contributed by atoms with Gasteiger partial charge in [0.2, 0.25) is 10.0 Å². The van der Waals surface area contributed by atoms with Crippen LogP contribution in [0.5, 0.6) is 0 Å². The summed E-state index contributed by atoms with van der Waals surface area (Å²) < 4.78 is 28.6. The lowest BCUT2D eigenvalue weighted by Crippen LogP contribution is -2.41. The van der Waals surface area contributed by atoms with Gasteiger partial charge in [0.15, 0.2) is 0 Å². The molecule has 138 valence electrons. The predicted molar refractivity (Wildman–Crippen MR) is 108 cm³/mol. The number of hydrogen-bond donors (Lipinski definition) is 0. The van der Waals surface area contributed by atoms with Crippen molar-refractivity contribution in [3.05, 3.63) is 101 Å². The van der Waals surface area contributed by atoms with Gasteiger partial charge >= 0.3 is 0 Å². The van der Waals surface area contributed by atoms with Gasteiger partial charge in [-0.05, 0) is 48.6 Å². The molecule has 3 aromatic carbocycles.